The molecule has 0 spiro atoms. The average molecular weight is 214 g/mol. The zero-order valence-corrected chi connectivity index (χ0v) is 11.2. The molecule has 0 aromatic heterocycles. The van der Waals surface area contributed by atoms with Crippen LogP contribution in [0, 0.1) is 0 Å². The molecule has 0 radical (unpaired) electrons. The largest absolute Gasteiger partial charge is 0.413 e. The van der Waals surface area contributed by atoms with Gasteiger partial charge in [-0.2, -0.15) is 0 Å². The molecule has 0 aliphatic carbocycles. The lowest BCUT2D eigenvalue weighted by Crippen LogP contribution is -2.40. The molecule has 82 valence electrons. The Morgan fingerprint density at radius 1 is 1.36 bits per heavy atom. The Morgan fingerprint density at radius 2 is 1.86 bits per heavy atom. The fourth-order valence-electron chi connectivity index (χ4n) is 0.687. The molecule has 0 aliphatic heterocycles. The molecular formula is C11H22O2Si. The first-order valence-corrected chi connectivity index (χ1v) is 7.89. The lowest BCUT2D eigenvalue weighted by Gasteiger charge is -2.35. The third-order valence-corrected chi connectivity index (χ3v) is 7.20. The minimum atomic E-state index is -1.64. The van der Waals surface area contributed by atoms with Crippen molar-refractivity contribution < 1.29 is 9.22 Å². The minimum absolute atomic E-state index is 0.0730. The van der Waals surface area contributed by atoms with Gasteiger partial charge in [0.15, 0.2) is 14.1 Å². The van der Waals surface area contributed by atoms with Gasteiger partial charge in [0.2, 0.25) is 0 Å². The molecule has 0 amide bonds. The monoisotopic (exact) mass is 214 g/mol. The Kier molecular flexibility index (Phi) is 4.75. The molecule has 0 fully saturated rings. The third kappa shape index (κ3) is 4.72. The Hall–Kier alpha value is -0.413. The highest BCUT2D eigenvalue weighted by molar-refractivity contribution is 6.74. The molecule has 0 atom stereocenters. The summed E-state index contributed by atoms with van der Waals surface area (Å²) < 4.78 is 5.84. The van der Waals surface area contributed by atoms with Crippen molar-refractivity contribution in [2.75, 3.05) is 6.61 Å². The van der Waals surface area contributed by atoms with Crippen molar-refractivity contribution in [1.82, 2.24) is 0 Å². The maximum Gasteiger partial charge on any atom is 0.192 e. The second-order valence-corrected chi connectivity index (χ2v) is 9.89. The fourth-order valence-corrected chi connectivity index (χ4v) is 1.63. The fraction of sp³-hybridized carbons (Fsp3) is 0.727. The van der Waals surface area contributed by atoms with Crippen molar-refractivity contribution in [3.63, 3.8) is 0 Å². The van der Waals surface area contributed by atoms with Crippen molar-refractivity contribution in [2.24, 2.45) is 0 Å². The molecule has 0 saturated heterocycles. The van der Waals surface area contributed by atoms with Crippen molar-refractivity contribution in [1.29, 1.82) is 0 Å². The van der Waals surface area contributed by atoms with Gasteiger partial charge in [-0.15, -0.1) is 0 Å². The molecule has 0 heterocycles. The van der Waals surface area contributed by atoms with Gasteiger partial charge in [0.1, 0.15) is 0 Å². The number of carbonyl (C=O) groups excluding carboxylic acids is 1. The smallest absolute Gasteiger partial charge is 0.192 e. The molecule has 3 heteroatoms. The van der Waals surface area contributed by atoms with E-state index in [1.165, 1.54) is 0 Å². The van der Waals surface area contributed by atoms with E-state index in [1.54, 1.807) is 19.1 Å². The molecule has 0 N–H and O–H groups in total. The summed E-state index contributed by atoms with van der Waals surface area (Å²) in [6, 6.07) is 0. The first kappa shape index (κ1) is 13.6. The number of allylic oxidation sites excluding steroid dienone is 1. The summed E-state index contributed by atoms with van der Waals surface area (Å²) in [4.78, 5) is 10.6. The number of carbonyl (C=O) groups is 1. The van der Waals surface area contributed by atoms with Gasteiger partial charge < -0.3 is 4.43 Å². The molecule has 0 aromatic carbocycles. The van der Waals surface area contributed by atoms with Gasteiger partial charge >= 0.3 is 0 Å². The second-order valence-electron chi connectivity index (χ2n) is 5.08. The van der Waals surface area contributed by atoms with E-state index >= 15 is 0 Å². The van der Waals surface area contributed by atoms with E-state index in [9.17, 15) is 4.79 Å². The molecular weight excluding hydrogens is 192 g/mol. The lowest BCUT2D eigenvalue weighted by atomic mass is 10.2. The summed E-state index contributed by atoms with van der Waals surface area (Å²) in [5, 5.41) is 0.233. The standard InChI is InChI=1S/C11H22O2Si/c1-10(12)8-7-9-13-14(5,6)11(2,3)4/h7-8H,9H2,1-6H3/b8-7+. The minimum Gasteiger partial charge on any atom is -0.413 e. The van der Waals surface area contributed by atoms with Crippen LogP contribution in [0.5, 0.6) is 0 Å². The maximum atomic E-state index is 10.6. The van der Waals surface area contributed by atoms with Crippen LogP contribution in [0.2, 0.25) is 18.1 Å². The second kappa shape index (κ2) is 4.89. The average Bonchev–Trinajstić information content (AvgIpc) is 1.95. The first-order valence-electron chi connectivity index (χ1n) is 4.98. The number of ketones is 1. The van der Waals surface area contributed by atoms with Gasteiger partial charge in [0.05, 0.1) is 6.61 Å². The Balaban J connectivity index is 4.07. The SMILES string of the molecule is CC(=O)/C=C/CO[Si](C)(C)C(C)(C)C. The molecule has 0 bridgehead atoms. The Morgan fingerprint density at radius 3 is 2.21 bits per heavy atom. The third-order valence-electron chi connectivity index (χ3n) is 2.70. The summed E-state index contributed by atoms with van der Waals surface area (Å²) in [6.45, 7) is 13.1. The van der Waals surface area contributed by atoms with Crippen LogP contribution in [0.4, 0.5) is 0 Å². The van der Waals surface area contributed by atoms with Crippen molar-refractivity contribution in [3.8, 4) is 0 Å². The zero-order chi connectivity index (χ0) is 11.4. The van der Waals surface area contributed by atoms with Gasteiger partial charge in [-0.05, 0) is 31.1 Å². The molecule has 0 aliphatic rings. The summed E-state index contributed by atoms with van der Waals surface area (Å²) in [6.07, 6.45) is 3.36. The van der Waals surface area contributed by atoms with E-state index in [-0.39, 0.29) is 10.8 Å². The highest BCUT2D eigenvalue weighted by Gasteiger charge is 2.36. The summed E-state index contributed by atoms with van der Waals surface area (Å²) in [5.41, 5.74) is 0. The Bertz CT molecular complexity index is 224. The van der Waals surface area contributed by atoms with E-state index in [4.69, 9.17) is 4.43 Å². The number of hydrogen-bond donors (Lipinski definition) is 0. The van der Waals surface area contributed by atoms with Gasteiger partial charge in [-0.1, -0.05) is 26.8 Å². The van der Waals surface area contributed by atoms with Crippen molar-refractivity contribution in [3.05, 3.63) is 12.2 Å². The highest BCUT2D eigenvalue weighted by atomic mass is 28.4. The van der Waals surface area contributed by atoms with E-state index < -0.39 is 8.32 Å². The molecule has 0 rings (SSSR count). The van der Waals surface area contributed by atoms with Crippen LogP contribution in [0.1, 0.15) is 27.7 Å². The number of hydrogen-bond acceptors (Lipinski definition) is 2. The van der Waals surface area contributed by atoms with Gasteiger partial charge in [-0.25, -0.2) is 0 Å². The molecule has 0 unspecified atom stereocenters. The molecule has 2 nitrogen and oxygen atoms in total. The topological polar surface area (TPSA) is 26.3 Å². The van der Waals surface area contributed by atoms with E-state index in [1.807, 2.05) is 0 Å². The molecule has 0 aromatic rings. The van der Waals surface area contributed by atoms with Gasteiger partial charge in [0, 0.05) is 0 Å². The lowest BCUT2D eigenvalue weighted by molar-refractivity contribution is -0.112. The van der Waals surface area contributed by atoms with Crippen LogP contribution in [0.3, 0.4) is 0 Å². The summed E-state index contributed by atoms with van der Waals surface area (Å²) in [5.74, 6) is 0.0730. The first-order chi connectivity index (χ1) is 6.17. The quantitative estimate of drug-likeness (QED) is 0.531. The number of rotatable bonds is 4. The maximum absolute atomic E-state index is 10.6. The molecule has 14 heavy (non-hydrogen) atoms. The predicted molar refractivity (Wildman–Crippen MR) is 63.0 cm³/mol. The molecule has 0 saturated carbocycles. The van der Waals surface area contributed by atoms with Crippen LogP contribution in [0.15, 0.2) is 12.2 Å². The van der Waals surface area contributed by atoms with Crippen LogP contribution in [-0.2, 0) is 9.22 Å². The van der Waals surface area contributed by atoms with Crippen LogP contribution in [-0.4, -0.2) is 20.7 Å². The zero-order valence-electron chi connectivity index (χ0n) is 10.2. The predicted octanol–water partition coefficient (Wildman–Crippen LogP) is 3.15. The normalized spacial score (nSPS) is 13.6. The van der Waals surface area contributed by atoms with Crippen LogP contribution in [0.25, 0.3) is 0 Å². The summed E-state index contributed by atoms with van der Waals surface area (Å²) in [7, 11) is -1.64. The van der Waals surface area contributed by atoms with Crippen LogP contribution < -0.4 is 0 Å². The summed E-state index contributed by atoms with van der Waals surface area (Å²) >= 11 is 0. The Labute approximate surface area is 88.5 Å². The van der Waals surface area contributed by atoms with E-state index in [2.05, 4.69) is 33.9 Å². The van der Waals surface area contributed by atoms with E-state index in [0.717, 1.165) is 0 Å². The van der Waals surface area contributed by atoms with Gasteiger partial charge in [-0.3, -0.25) is 4.79 Å². The van der Waals surface area contributed by atoms with Crippen molar-refractivity contribution in [2.45, 2.75) is 45.8 Å². The highest BCUT2D eigenvalue weighted by Crippen LogP contribution is 2.36. The van der Waals surface area contributed by atoms with Gasteiger partial charge in [0.25, 0.3) is 0 Å². The van der Waals surface area contributed by atoms with Crippen molar-refractivity contribution >= 4 is 14.1 Å². The van der Waals surface area contributed by atoms with E-state index in [0.29, 0.717) is 6.61 Å². The van der Waals surface area contributed by atoms with Crippen LogP contribution >= 0.6 is 0 Å².